The molecular weight excluding hydrogens is 232 g/mol. The number of hydrogen-bond donors (Lipinski definition) is 1. The number of H-pyrrole nitrogens is 1. The number of aromatic nitrogens is 1. The van der Waals surface area contributed by atoms with E-state index >= 15 is 0 Å². The Morgan fingerprint density at radius 3 is 2.88 bits per heavy atom. The first kappa shape index (κ1) is 10.5. The molecule has 3 nitrogen and oxygen atoms in total. The molecule has 17 heavy (non-hydrogen) atoms. The lowest BCUT2D eigenvalue weighted by Crippen LogP contribution is -2.20. The van der Waals surface area contributed by atoms with Gasteiger partial charge in [0.2, 0.25) is 0 Å². The quantitative estimate of drug-likeness (QED) is 0.499. The molecule has 0 saturated heterocycles. The number of nitrogens with zero attached hydrogens (tertiary/aromatic N) is 1. The molecule has 1 aromatic carbocycles. The molecule has 0 bridgehead atoms. The first-order chi connectivity index (χ1) is 8.24. The van der Waals surface area contributed by atoms with Crippen LogP contribution in [0.3, 0.4) is 0 Å². The third-order valence-electron chi connectivity index (χ3n) is 2.83. The van der Waals surface area contributed by atoms with E-state index in [9.17, 15) is 5.11 Å². The standard InChI is InChI=1S/C13H12N2OS/c16-13(14-8-5-6-8)10-7-12(17)15-11-4-2-1-3-9(10)11/h1-4,7-8H,5-6H2,(H,14,16)(H,15,17)/p-1. The minimum Gasteiger partial charge on any atom is -0.858 e. The molecule has 1 heterocycles. The number of aromatic amines is 1. The lowest BCUT2D eigenvalue weighted by molar-refractivity contribution is -0.213. The fourth-order valence-corrected chi connectivity index (χ4v) is 2.05. The van der Waals surface area contributed by atoms with Crippen molar-refractivity contribution in [3.63, 3.8) is 0 Å². The molecule has 0 unspecified atom stereocenters. The number of aliphatic imine (C=N–C) groups is 1. The summed E-state index contributed by atoms with van der Waals surface area (Å²) in [5.74, 6) is -0.149. The summed E-state index contributed by atoms with van der Waals surface area (Å²) < 4.78 is 0.568. The number of rotatable bonds is 2. The van der Waals surface area contributed by atoms with Gasteiger partial charge in [-0.2, -0.15) is 0 Å². The normalized spacial score (nSPS) is 16.4. The van der Waals surface area contributed by atoms with Gasteiger partial charge in [0.15, 0.2) is 0 Å². The Morgan fingerprint density at radius 1 is 1.35 bits per heavy atom. The maximum atomic E-state index is 12.0. The van der Waals surface area contributed by atoms with Gasteiger partial charge >= 0.3 is 0 Å². The van der Waals surface area contributed by atoms with E-state index < -0.39 is 0 Å². The number of fused-ring (bicyclic) bond motifs is 1. The second-order valence-corrected chi connectivity index (χ2v) is 4.70. The summed E-state index contributed by atoms with van der Waals surface area (Å²) in [6.45, 7) is 0. The Morgan fingerprint density at radius 2 is 2.12 bits per heavy atom. The van der Waals surface area contributed by atoms with Crippen molar-refractivity contribution in [3.05, 3.63) is 40.5 Å². The lowest BCUT2D eigenvalue weighted by atomic mass is 10.1. The van der Waals surface area contributed by atoms with Crippen LogP contribution < -0.4 is 5.11 Å². The average molecular weight is 243 g/mol. The van der Waals surface area contributed by atoms with Crippen LogP contribution in [0.4, 0.5) is 0 Å². The van der Waals surface area contributed by atoms with E-state index in [1.807, 2.05) is 24.3 Å². The second kappa shape index (κ2) is 3.96. The molecule has 1 aliphatic rings. The molecule has 1 aromatic heterocycles. The van der Waals surface area contributed by atoms with Crippen LogP contribution in [0.15, 0.2) is 35.3 Å². The van der Waals surface area contributed by atoms with Crippen LogP contribution in [-0.4, -0.2) is 16.9 Å². The minimum atomic E-state index is -0.149. The third kappa shape index (κ3) is 2.08. The summed E-state index contributed by atoms with van der Waals surface area (Å²) >= 11 is 5.13. The monoisotopic (exact) mass is 243 g/mol. The molecule has 0 radical (unpaired) electrons. The lowest BCUT2D eigenvalue weighted by Gasteiger charge is -2.13. The van der Waals surface area contributed by atoms with Crippen molar-refractivity contribution in [1.82, 2.24) is 4.98 Å². The van der Waals surface area contributed by atoms with E-state index in [0.29, 0.717) is 10.2 Å². The van der Waals surface area contributed by atoms with Gasteiger partial charge in [0.1, 0.15) is 4.64 Å². The van der Waals surface area contributed by atoms with Crippen molar-refractivity contribution in [2.45, 2.75) is 18.9 Å². The maximum Gasteiger partial charge on any atom is 0.104 e. The maximum absolute atomic E-state index is 12.0. The zero-order valence-corrected chi connectivity index (χ0v) is 9.96. The van der Waals surface area contributed by atoms with E-state index in [1.54, 1.807) is 6.07 Å². The van der Waals surface area contributed by atoms with Gasteiger partial charge < -0.3 is 10.1 Å². The summed E-state index contributed by atoms with van der Waals surface area (Å²) in [6.07, 6.45) is 2.06. The summed E-state index contributed by atoms with van der Waals surface area (Å²) in [5.41, 5.74) is 1.49. The van der Waals surface area contributed by atoms with E-state index in [-0.39, 0.29) is 11.9 Å². The molecule has 86 valence electrons. The molecule has 4 heteroatoms. The number of benzene rings is 1. The van der Waals surface area contributed by atoms with Crippen LogP contribution in [0.5, 0.6) is 0 Å². The van der Waals surface area contributed by atoms with E-state index in [1.165, 1.54) is 0 Å². The summed E-state index contributed by atoms with van der Waals surface area (Å²) in [7, 11) is 0. The molecule has 1 aliphatic carbocycles. The highest BCUT2D eigenvalue weighted by Crippen LogP contribution is 2.25. The van der Waals surface area contributed by atoms with Gasteiger partial charge in [-0.05, 0) is 36.4 Å². The Bertz CT molecular complexity index is 656. The average Bonchev–Trinajstić information content (AvgIpc) is 3.11. The number of pyridine rings is 1. The van der Waals surface area contributed by atoms with Crippen molar-refractivity contribution in [1.29, 1.82) is 0 Å². The van der Waals surface area contributed by atoms with Crippen molar-refractivity contribution in [3.8, 4) is 0 Å². The molecular formula is C13H11N2OS-. The predicted molar refractivity (Wildman–Crippen MR) is 68.7 cm³/mol. The highest BCUT2D eigenvalue weighted by Gasteiger charge is 2.19. The van der Waals surface area contributed by atoms with Crippen LogP contribution in [0, 0.1) is 4.64 Å². The first-order valence-electron chi connectivity index (χ1n) is 5.61. The Kier molecular flexibility index (Phi) is 2.44. The summed E-state index contributed by atoms with van der Waals surface area (Å²) in [5, 5.41) is 12.9. The van der Waals surface area contributed by atoms with Gasteiger partial charge in [-0.15, -0.1) is 0 Å². The van der Waals surface area contributed by atoms with Crippen molar-refractivity contribution in [2.24, 2.45) is 4.99 Å². The molecule has 3 rings (SSSR count). The summed E-state index contributed by atoms with van der Waals surface area (Å²) in [4.78, 5) is 7.23. The molecule has 2 aromatic rings. The smallest absolute Gasteiger partial charge is 0.104 e. The number of hydrogen-bond acceptors (Lipinski definition) is 3. The van der Waals surface area contributed by atoms with Gasteiger partial charge in [-0.3, -0.25) is 4.99 Å². The predicted octanol–water partition coefficient (Wildman–Crippen LogP) is 2.17. The van der Waals surface area contributed by atoms with Crippen molar-refractivity contribution < 1.29 is 5.11 Å². The molecule has 1 saturated carbocycles. The molecule has 0 amide bonds. The number of para-hydroxylation sites is 1. The Hall–Kier alpha value is -1.68. The highest BCUT2D eigenvalue weighted by molar-refractivity contribution is 7.71. The van der Waals surface area contributed by atoms with Gasteiger partial charge in [0.05, 0.1) is 0 Å². The minimum absolute atomic E-state index is 0.149. The van der Waals surface area contributed by atoms with E-state index in [2.05, 4.69) is 9.98 Å². The molecule has 1 fully saturated rings. The second-order valence-electron chi connectivity index (χ2n) is 4.26. The fourth-order valence-electron chi connectivity index (χ4n) is 1.82. The first-order valence-corrected chi connectivity index (χ1v) is 6.02. The molecule has 0 aliphatic heterocycles. The van der Waals surface area contributed by atoms with Crippen molar-refractivity contribution >= 4 is 29.0 Å². The Balaban J connectivity index is 2.23. The summed E-state index contributed by atoms with van der Waals surface area (Å²) in [6, 6.07) is 9.59. The van der Waals surface area contributed by atoms with Crippen LogP contribution in [0.25, 0.3) is 10.9 Å². The zero-order chi connectivity index (χ0) is 11.8. The topological polar surface area (TPSA) is 51.2 Å². The van der Waals surface area contributed by atoms with E-state index in [4.69, 9.17) is 12.2 Å². The van der Waals surface area contributed by atoms with E-state index in [0.717, 1.165) is 23.7 Å². The van der Waals surface area contributed by atoms with Crippen LogP contribution in [0.1, 0.15) is 18.4 Å². The van der Waals surface area contributed by atoms with Crippen LogP contribution in [-0.2, 0) is 0 Å². The number of nitrogens with one attached hydrogen (secondary N) is 1. The van der Waals surface area contributed by atoms with Crippen molar-refractivity contribution in [2.75, 3.05) is 0 Å². The molecule has 1 N–H and O–H groups in total. The fraction of sp³-hybridized carbons (Fsp3) is 0.231. The van der Waals surface area contributed by atoms with Gasteiger partial charge in [-0.25, -0.2) is 0 Å². The van der Waals surface area contributed by atoms with Crippen LogP contribution in [0.2, 0.25) is 0 Å². The Labute approximate surface area is 104 Å². The van der Waals surface area contributed by atoms with Gasteiger partial charge in [0.25, 0.3) is 0 Å². The SMILES string of the molecule is [O-]C(=NC1CC1)c1cc(=S)[nH]c2ccccc12. The van der Waals surface area contributed by atoms with Crippen LogP contribution >= 0.6 is 12.2 Å². The largest absolute Gasteiger partial charge is 0.858 e. The van der Waals surface area contributed by atoms with Gasteiger partial charge in [-0.1, -0.05) is 30.4 Å². The highest BCUT2D eigenvalue weighted by atomic mass is 32.1. The third-order valence-corrected chi connectivity index (χ3v) is 3.05. The zero-order valence-electron chi connectivity index (χ0n) is 9.14. The molecule has 0 atom stereocenters. The van der Waals surface area contributed by atoms with Gasteiger partial charge in [0, 0.05) is 16.9 Å². The molecule has 0 spiro atoms.